The smallest absolute Gasteiger partial charge is 0.0130 e. The molecule has 22 heavy (non-hydrogen) atoms. The van der Waals surface area contributed by atoms with E-state index in [1.807, 2.05) is 0 Å². The second kappa shape index (κ2) is 7.63. The van der Waals surface area contributed by atoms with Crippen molar-refractivity contribution >= 4 is 22.6 Å². The second-order valence-electron chi connectivity index (χ2n) is 6.64. The van der Waals surface area contributed by atoms with Crippen molar-refractivity contribution in [1.82, 2.24) is 0 Å². The Morgan fingerprint density at radius 1 is 0.818 bits per heavy atom. The zero-order valence-electron chi connectivity index (χ0n) is 13.4. The average molecular weight is 404 g/mol. The predicted octanol–water partition coefficient (Wildman–Crippen LogP) is 7.03. The summed E-state index contributed by atoms with van der Waals surface area (Å²) in [5.41, 5.74) is 4.20. The van der Waals surface area contributed by atoms with E-state index in [0.29, 0.717) is 0 Å². The minimum atomic E-state index is 0.791. The Morgan fingerprint density at radius 3 is 1.91 bits per heavy atom. The van der Waals surface area contributed by atoms with E-state index in [4.69, 9.17) is 0 Å². The number of hydrogen-bond donors (Lipinski definition) is 0. The molecule has 1 fully saturated rings. The van der Waals surface area contributed by atoms with Gasteiger partial charge in [0.25, 0.3) is 0 Å². The van der Waals surface area contributed by atoms with Crippen molar-refractivity contribution in [2.45, 2.75) is 51.4 Å². The standard InChI is InChI=1S/C21H25I/c1-2-3-16-4-6-17(7-5-16)18-8-10-19(11-9-18)20-12-14-21(22)15-13-20/h8-17H,2-7H2,1H3. The largest absolute Gasteiger partial charge is 0.0654 e. The minimum absolute atomic E-state index is 0.791. The molecule has 1 aliphatic rings. The summed E-state index contributed by atoms with van der Waals surface area (Å²) in [4.78, 5) is 0. The summed E-state index contributed by atoms with van der Waals surface area (Å²) in [6, 6.07) is 18.1. The molecule has 1 aliphatic carbocycles. The Labute approximate surface area is 148 Å². The van der Waals surface area contributed by atoms with Crippen LogP contribution in [0.2, 0.25) is 0 Å². The third kappa shape index (κ3) is 3.92. The van der Waals surface area contributed by atoms with Crippen molar-refractivity contribution in [2.24, 2.45) is 5.92 Å². The summed E-state index contributed by atoms with van der Waals surface area (Å²) in [6.07, 6.45) is 8.40. The zero-order valence-corrected chi connectivity index (χ0v) is 15.6. The van der Waals surface area contributed by atoms with Gasteiger partial charge in [0.2, 0.25) is 0 Å². The molecule has 0 atom stereocenters. The number of rotatable bonds is 4. The quantitative estimate of drug-likeness (QED) is 0.480. The Kier molecular flexibility index (Phi) is 5.56. The molecular weight excluding hydrogens is 379 g/mol. The molecular formula is C21H25I. The van der Waals surface area contributed by atoms with Crippen LogP contribution in [-0.2, 0) is 0 Å². The number of benzene rings is 2. The lowest BCUT2D eigenvalue weighted by molar-refractivity contribution is 0.308. The molecule has 0 heterocycles. The van der Waals surface area contributed by atoms with E-state index in [0.717, 1.165) is 11.8 Å². The first kappa shape index (κ1) is 16.0. The Bertz CT molecular complexity index is 574. The first-order valence-electron chi connectivity index (χ1n) is 8.62. The van der Waals surface area contributed by atoms with Crippen LogP contribution in [0.3, 0.4) is 0 Å². The summed E-state index contributed by atoms with van der Waals surface area (Å²) >= 11 is 2.36. The summed E-state index contributed by atoms with van der Waals surface area (Å²) < 4.78 is 1.29. The van der Waals surface area contributed by atoms with Crippen LogP contribution in [0.1, 0.15) is 56.9 Å². The molecule has 0 amide bonds. The third-order valence-corrected chi connectivity index (χ3v) is 5.82. The molecule has 2 aromatic carbocycles. The van der Waals surface area contributed by atoms with Gasteiger partial charge in [0, 0.05) is 3.57 Å². The molecule has 2 aromatic rings. The van der Waals surface area contributed by atoms with Crippen molar-refractivity contribution in [3.8, 4) is 11.1 Å². The fraction of sp³-hybridized carbons (Fsp3) is 0.429. The lowest BCUT2D eigenvalue weighted by atomic mass is 9.77. The molecule has 1 heteroatoms. The van der Waals surface area contributed by atoms with Crippen molar-refractivity contribution < 1.29 is 0 Å². The minimum Gasteiger partial charge on any atom is -0.0654 e. The van der Waals surface area contributed by atoms with Gasteiger partial charge < -0.3 is 0 Å². The molecule has 116 valence electrons. The molecule has 0 N–H and O–H groups in total. The summed E-state index contributed by atoms with van der Waals surface area (Å²) in [5, 5.41) is 0. The van der Waals surface area contributed by atoms with Crippen molar-refractivity contribution in [2.75, 3.05) is 0 Å². The van der Waals surface area contributed by atoms with E-state index in [1.165, 1.54) is 53.2 Å². The van der Waals surface area contributed by atoms with Gasteiger partial charge in [0.05, 0.1) is 0 Å². The van der Waals surface area contributed by atoms with Crippen molar-refractivity contribution in [1.29, 1.82) is 0 Å². The monoisotopic (exact) mass is 404 g/mol. The molecule has 3 rings (SSSR count). The highest BCUT2D eigenvalue weighted by Crippen LogP contribution is 2.37. The van der Waals surface area contributed by atoms with Gasteiger partial charge >= 0.3 is 0 Å². The van der Waals surface area contributed by atoms with Gasteiger partial charge in [-0.25, -0.2) is 0 Å². The van der Waals surface area contributed by atoms with Crippen LogP contribution < -0.4 is 0 Å². The predicted molar refractivity (Wildman–Crippen MR) is 104 cm³/mol. The van der Waals surface area contributed by atoms with Crippen LogP contribution in [0.15, 0.2) is 48.5 Å². The van der Waals surface area contributed by atoms with Crippen molar-refractivity contribution in [3.05, 3.63) is 57.7 Å². The SMILES string of the molecule is CCCC1CCC(c2ccc(-c3ccc(I)cc3)cc2)CC1. The molecule has 0 radical (unpaired) electrons. The van der Waals surface area contributed by atoms with Gasteiger partial charge in [0.15, 0.2) is 0 Å². The van der Waals surface area contributed by atoms with Crippen molar-refractivity contribution in [3.63, 3.8) is 0 Å². The molecule has 0 spiro atoms. The highest BCUT2D eigenvalue weighted by atomic mass is 127. The molecule has 0 aromatic heterocycles. The number of hydrogen-bond acceptors (Lipinski definition) is 0. The van der Waals surface area contributed by atoms with E-state index in [1.54, 1.807) is 5.56 Å². The maximum atomic E-state index is 2.36. The first-order valence-corrected chi connectivity index (χ1v) is 9.70. The molecule has 0 unspecified atom stereocenters. The number of halogens is 1. The van der Waals surface area contributed by atoms with E-state index in [2.05, 4.69) is 78.0 Å². The summed E-state index contributed by atoms with van der Waals surface area (Å²) in [5.74, 6) is 1.78. The average Bonchev–Trinajstić information content (AvgIpc) is 2.57. The maximum Gasteiger partial charge on any atom is 0.0130 e. The van der Waals surface area contributed by atoms with Gasteiger partial charge in [-0.1, -0.05) is 56.2 Å². The lowest BCUT2D eigenvalue weighted by Crippen LogP contribution is -2.13. The fourth-order valence-corrected chi connectivity index (χ4v) is 4.14. The first-order chi connectivity index (χ1) is 10.8. The van der Waals surface area contributed by atoms with Gasteiger partial charge in [0.1, 0.15) is 0 Å². The van der Waals surface area contributed by atoms with E-state index in [-0.39, 0.29) is 0 Å². The summed E-state index contributed by atoms with van der Waals surface area (Å²) in [6.45, 7) is 2.31. The zero-order chi connectivity index (χ0) is 15.4. The van der Waals surface area contributed by atoms with Gasteiger partial charge in [-0.15, -0.1) is 0 Å². The Morgan fingerprint density at radius 2 is 1.36 bits per heavy atom. The highest BCUT2D eigenvalue weighted by molar-refractivity contribution is 14.1. The molecule has 0 bridgehead atoms. The lowest BCUT2D eigenvalue weighted by Gasteiger charge is -2.28. The van der Waals surface area contributed by atoms with Crippen LogP contribution in [0.25, 0.3) is 11.1 Å². The topological polar surface area (TPSA) is 0 Å². The van der Waals surface area contributed by atoms with Gasteiger partial charge in [-0.2, -0.15) is 0 Å². The van der Waals surface area contributed by atoms with E-state index in [9.17, 15) is 0 Å². The summed E-state index contributed by atoms with van der Waals surface area (Å²) in [7, 11) is 0. The molecule has 0 nitrogen and oxygen atoms in total. The van der Waals surface area contributed by atoms with E-state index < -0.39 is 0 Å². The second-order valence-corrected chi connectivity index (χ2v) is 7.88. The molecule has 0 saturated heterocycles. The third-order valence-electron chi connectivity index (χ3n) is 5.10. The fourth-order valence-electron chi connectivity index (χ4n) is 3.78. The van der Waals surface area contributed by atoms with Gasteiger partial charge in [-0.3, -0.25) is 0 Å². The Balaban J connectivity index is 1.66. The molecule has 0 aliphatic heterocycles. The highest BCUT2D eigenvalue weighted by Gasteiger charge is 2.21. The van der Waals surface area contributed by atoms with Crippen LogP contribution in [-0.4, -0.2) is 0 Å². The van der Waals surface area contributed by atoms with Crippen LogP contribution in [0, 0.1) is 9.49 Å². The normalized spacial score (nSPS) is 21.7. The van der Waals surface area contributed by atoms with E-state index >= 15 is 0 Å². The van der Waals surface area contributed by atoms with Crippen LogP contribution in [0.4, 0.5) is 0 Å². The van der Waals surface area contributed by atoms with Gasteiger partial charge in [-0.05, 0) is 88.9 Å². The molecule has 1 saturated carbocycles. The maximum absolute atomic E-state index is 2.36. The van der Waals surface area contributed by atoms with Crippen LogP contribution in [0.5, 0.6) is 0 Å². The Hall–Kier alpha value is -0.830. The van der Waals surface area contributed by atoms with Crippen LogP contribution >= 0.6 is 22.6 Å².